The summed E-state index contributed by atoms with van der Waals surface area (Å²) in [5, 5.41) is 6.29. The van der Waals surface area contributed by atoms with E-state index in [9.17, 15) is 4.79 Å². The van der Waals surface area contributed by atoms with Crippen LogP contribution in [0, 0.1) is 11.8 Å². The van der Waals surface area contributed by atoms with E-state index in [0.29, 0.717) is 18.3 Å². The summed E-state index contributed by atoms with van der Waals surface area (Å²) in [5.74, 6) is 2.04. The number of piperidine rings is 1. The maximum Gasteiger partial charge on any atom is 0.220 e. The normalized spacial score (nSPS) is 24.1. The van der Waals surface area contributed by atoms with Crippen LogP contribution < -0.4 is 10.6 Å². The fourth-order valence-electron chi connectivity index (χ4n) is 4.12. The molecule has 2 atom stereocenters. The molecule has 2 aliphatic heterocycles. The Balaban J connectivity index is 1.49. The van der Waals surface area contributed by atoms with Crippen LogP contribution >= 0.6 is 0 Å². The van der Waals surface area contributed by atoms with Gasteiger partial charge in [-0.2, -0.15) is 0 Å². The number of hydrogen-bond donors (Lipinski definition) is 2. The molecule has 0 spiro atoms. The number of aliphatic imine (C=N–C) groups is 1. The topological polar surface area (TPSA) is 66.0 Å². The van der Waals surface area contributed by atoms with Gasteiger partial charge in [0.2, 0.25) is 5.91 Å². The average molecular weight is 373 g/mol. The van der Waals surface area contributed by atoms with Gasteiger partial charge >= 0.3 is 0 Å². The quantitative estimate of drug-likeness (QED) is 0.614. The van der Waals surface area contributed by atoms with Crippen molar-refractivity contribution in [3.05, 3.63) is 35.9 Å². The van der Waals surface area contributed by atoms with Crippen LogP contribution in [-0.2, 0) is 9.53 Å². The van der Waals surface area contributed by atoms with Gasteiger partial charge in [0.15, 0.2) is 5.96 Å². The fourth-order valence-corrected chi connectivity index (χ4v) is 4.12. The van der Waals surface area contributed by atoms with E-state index in [0.717, 1.165) is 51.5 Å². The van der Waals surface area contributed by atoms with Crippen molar-refractivity contribution in [1.29, 1.82) is 0 Å². The summed E-state index contributed by atoms with van der Waals surface area (Å²) in [7, 11) is 3.55. The highest BCUT2D eigenvalue weighted by Crippen LogP contribution is 2.34. The van der Waals surface area contributed by atoms with E-state index >= 15 is 0 Å². The predicted octanol–water partition coefficient (Wildman–Crippen LogP) is 2.19. The number of rotatable bonds is 5. The molecular weight excluding hydrogens is 340 g/mol. The van der Waals surface area contributed by atoms with Gasteiger partial charge in [0.1, 0.15) is 0 Å². The van der Waals surface area contributed by atoms with Crippen LogP contribution in [0.3, 0.4) is 0 Å². The van der Waals surface area contributed by atoms with Gasteiger partial charge in [0, 0.05) is 52.7 Å². The molecule has 1 aromatic rings. The van der Waals surface area contributed by atoms with Gasteiger partial charge in [0.25, 0.3) is 0 Å². The zero-order valence-corrected chi connectivity index (χ0v) is 16.5. The number of amides is 1. The molecule has 2 heterocycles. The van der Waals surface area contributed by atoms with E-state index in [1.807, 2.05) is 13.1 Å². The van der Waals surface area contributed by atoms with Gasteiger partial charge in [-0.15, -0.1) is 0 Å². The van der Waals surface area contributed by atoms with Crippen LogP contribution in [0.15, 0.2) is 35.3 Å². The van der Waals surface area contributed by atoms with Crippen LogP contribution in [0.1, 0.15) is 37.4 Å². The van der Waals surface area contributed by atoms with Crippen molar-refractivity contribution in [2.75, 3.05) is 40.3 Å². The van der Waals surface area contributed by atoms with Gasteiger partial charge in [-0.1, -0.05) is 30.3 Å². The highest BCUT2D eigenvalue weighted by Gasteiger charge is 2.30. The standard InChI is InChI=1S/C21H32N4O2/c1-22-19(26)14-16-8-11-25(12-9-16)21(23-2)24-15-18-10-13-27-20(18)17-6-4-3-5-7-17/h3-7,16,18,20H,8-15H2,1-2H3,(H,22,26)(H,23,24). The lowest BCUT2D eigenvalue weighted by Crippen LogP contribution is -2.47. The average Bonchev–Trinajstić information content (AvgIpc) is 3.19. The molecule has 2 saturated heterocycles. The van der Waals surface area contributed by atoms with E-state index in [4.69, 9.17) is 4.74 Å². The smallest absolute Gasteiger partial charge is 0.220 e. The van der Waals surface area contributed by atoms with Crippen molar-refractivity contribution >= 4 is 11.9 Å². The van der Waals surface area contributed by atoms with Gasteiger partial charge in [-0.25, -0.2) is 0 Å². The lowest BCUT2D eigenvalue weighted by atomic mass is 9.93. The first-order valence-corrected chi connectivity index (χ1v) is 10.0. The molecular formula is C21H32N4O2. The lowest BCUT2D eigenvalue weighted by molar-refractivity contribution is -0.121. The molecule has 3 rings (SSSR count). The van der Waals surface area contributed by atoms with Crippen LogP contribution in [0.25, 0.3) is 0 Å². The minimum absolute atomic E-state index is 0.143. The third-order valence-corrected chi connectivity index (χ3v) is 5.74. The molecule has 6 nitrogen and oxygen atoms in total. The van der Waals surface area contributed by atoms with Gasteiger partial charge in [-0.3, -0.25) is 9.79 Å². The van der Waals surface area contributed by atoms with Crippen LogP contribution in [0.5, 0.6) is 0 Å². The second-order valence-electron chi connectivity index (χ2n) is 7.49. The number of hydrogen-bond acceptors (Lipinski definition) is 3. The predicted molar refractivity (Wildman–Crippen MR) is 108 cm³/mol. The Hall–Kier alpha value is -2.08. The lowest BCUT2D eigenvalue weighted by Gasteiger charge is -2.34. The molecule has 27 heavy (non-hydrogen) atoms. The molecule has 0 radical (unpaired) electrons. The molecule has 0 saturated carbocycles. The van der Waals surface area contributed by atoms with E-state index in [1.54, 1.807) is 7.05 Å². The Labute approximate surface area is 162 Å². The zero-order valence-electron chi connectivity index (χ0n) is 16.5. The van der Waals surface area contributed by atoms with Gasteiger partial charge in [0.05, 0.1) is 6.10 Å². The number of benzene rings is 1. The molecule has 6 heteroatoms. The maximum atomic E-state index is 11.6. The van der Waals surface area contributed by atoms with Crippen molar-refractivity contribution in [2.45, 2.75) is 31.8 Å². The minimum Gasteiger partial charge on any atom is -0.373 e. The summed E-state index contributed by atoms with van der Waals surface area (Å²) >= 11 is 0. The summed E-state index contributed by atoms with van der Waals surface area (Å²) in [6, 6.07) is 10.5. The number of likely N-dealkylation sites (tertiary alicyclic amines) is 1. The molecule has 2 aliphatic rings. The molecule has 0 aromatic heterocycles. The molecule has 1 aromatic carbocycles. The number of carbonyl (C=O) groups excluding carboxylic acids is 1. The first kappa shape index (κ1) is 19.7. The molecule has 2 unspecified atom stereocenters. The van der Waals surface area contributed by atoms with Crippen LogP contribution in [0.2, 0.25) is 0 Å². The largest absolute Gasteiger partial charge is 0.373 e. The van der Waals surface area contributed by atoms with Crippen LogP contribution in [-0.4, -0.2) is 57.1 Å². The first-order valence-electron chi connectivity index (χ1n) is 10.0. The molecule has 148 valence electrons. The number of nitrogens with one attached hydrogen (secondary N) is 2. The summed E-state index contributed by atoms with van der Waals surface area (Å²) in [4.78, 5) is 18.4. The Bertz CT molecular complexity index is 626. The van der Waals surface area contributed by atoms with E-state index in [1.165, 1.54) is 5.56 Å². The molecule has 0 aliphatic carbocycles. The Morgan fingerprint density at radius 2 is 1.96 bits per heavy atom. The highest BCUT2D eigenvalue weighted by molar-refractivity contribution is 5.80. The summed E-state index contributed by atoms with van der Waals surface area (Å²) in [6.07, 6.45) is 3.93. The van der Waals surface area contributed by atoms with E-state index < -0.39 is 0 Å². The van der Waals surface area contributed by atoms with Crippen molar-refractivity contribution in [2.24, 2.45) is 16.8 Å². The number of ether oxygens (including phenoxy) is 1. The van der Waals surface area contributed by atoms with Crippen molar-refractivity contribution < 1.29 is 9.53 Å². The second kappa shape index (κ2) is 9.74. The Kier molecular flexibility index (Phi) is 7.10. The van der Waals surface area contributed by atoms with Crippen molar-refractivity contribution in [3.8, 4) is 0 Å². The third-order valence-electron chi connectivity index (χ3n) is 5.74. The van der Waals surface area contributed by atoms with Crippen molar-refractivity contribution in [1.82, 2.24) is 15.5 Å². The zero-order chi connectivity index (χ0) is 19.1. The molecule has 0 bridgehead atoms. The van der Waals surface area contributed by atoms with Crippen LogP contribution in [0.4, 0.5) is 0 Å². The number of guanidine groups is 1. The molecule has 1 amide bonds. The SMILES string of the molecule is CN=C(NCC1CCOC1c1ccccc1)N1CCC(CC(=O)NC)CC1. The summed E-state index contributed by atoms with van der Waals surface area (Å²) < 4.78 is 5.99. The second-order valence-corrected chi connectivity index (χ2v) is 7.49. The van der Waals surface area contributed by atoms with E-state index in [-0.39, 0.29) is 12.0 Å². The van der Waals surface area contributed by atoms with Gasteiger partial charge in [-0.05, 0) is 30.7 Å². The maximum absolute atomic E-state index is 11.6. The Morgan fingerprint density at radius 1 is 1.22 bits per heavy atom. The minimum atomic E-state index is 0.143. The van der Waals surface area contributed by atoms with Crippen molar-refractivity contribution in [3.63, 3.8) is 0 Å². The van der Waals surface area contributed by atoms with Gasteiger partial charge < -0.3 is 20.3 Å². The monoisotopic (exact) mass is 372 g/mol. The fraction of sp³-hybridized carbons (Fsp3) is 0.619. The Morgan fingerprint density at radius 3 is 2.63 bits per heavy atom. The molecule has 2 N–H and O–H groups in total. The highest BCUT2D eigenvalue weighted by atomic mass is 16.5. The van der Waals surface area contributed by atoms with E-state index in [2.05, 4.69) is 44.8 Å². The first-order chi connectivity index (χ1) is 13.2. The summed E-state index contributed by atoms with van der Waals surface area (Å²) in [5.41, 5.74) is 1.26. The summed E-state index contributed by atoms with van der Waals surface area (Å²) in [6.45, 7) is 3.58. The number of nitrogens with zero attached hydrogens (tertiary/aromatic N) is 2. The molecule has 2 fully saturated rings. The third kappa shape index (κ3) is 5.22. The number of carbonyl (C=O) groups is 1.